The first-order valence-electron chi connectivity index (χ1n) is 23.1. The number of fused-ring (bicyclic) bond motifs is 3. The summed E-state index contributed by atoms with van der Waals surface area (Å²) in [4.78, 5) is 50.6. The van der Waals surface area contributed by atoms with Crippen LogP contribution in [-0.2, 0) is 28.6 Å². The third-order valence-corrected chi connectivity index (χ3v) is 12.4. The van der Waals surface area contributed by atoms with Crippen molar-refractivity contribution in [2.24, 2.45) is 0 Å². The summed E-state index contributed by atoms with van der Waals surface area (Å²) in [5.41, 5.74) is 4.34. The number of carboxylic acids is 1. The highest BCUT2D eigenvalue weighted by molar-refractivity contribution is 7.99. The van der Waals surface area contributed by atoms with Crippen LogP contribution in [-0.4, -0.2) is 66.0 Å². The van der Waals surface area contributed by atoms with E-state index in [0.717, 1.165) is 60.8 Å². The highest BCUT2D eigenvalue weighted by atomic mass is 32.2. The first-order valence-corrected chi connectivity index (χ1v) is 24.3. The third kappa shape index (κ3) is 21.0. The summed E-state index contributed by atoms with van der Waals surface area (Å²) in [6, 6.07) is 14.8. The molecule has 330 valence electrons. The number of unbranched alkanes of at least 4 members (excludes halogenated alkanes) is 20. The van der Waals surface area contributed by atoms with Crippen LogP contribution >= 0.6 is 11.8 Å². The van der Waals surface area contributed by atoms with Crippen molar-refractivity contribution in [1.29, 1.82) is 0 Å². The molecule has 0 aliphatic heterocycles. The average Bonchev–Trinajstić information content (AvgIpc) is 3.55. The SMILES string of the molecule is CCCCCCCCCCCCCC(=O)OC[C@H](CSC[C@H](NC(=O)OCC1c2ccccc2-c2ccccc21)C(=O)O)OC(=O)CCCCCCCCCCCCC. The Hall–Kier alpha value is -3.53. The van der Waals surface area contributed by atoms with E-state index in [1.165, 1.54) is 114 Å². The van der Waals surface area contributed by atoms with E-state index in [2.05, 4.69) is 31.3 Å². The summed E-state index contributed by atoms with van der Waals surface area (Å²) in [6.45, 7) is 4.45. The van der Waals surface area contributed by atoms with E-state index in [4.69, 9.17) is 14.2 Å². The number of rotatable bonds is 35. The zero-order valence-corrected chi connectivity index (χ0v) is 37.2. The summed E-state index contributed by atoms with van der Waals surface area (Å²) in [5, 5.41) is 12.4. The molecule has 2 aromatic carbocycles. The van der Waals surface area contributed by atoms with Crippen molar-refractivity contribution in [1.82, 2.24) is 5.32 Å². The average molecular weight is 838 g/mol. The minimum atomic E-state index is -1.23. The van der Waals surface area contributed by atoms with E-state index >= 15 is 0 Å². The Labute approximate surface area is 359 Å². The van der Waals surface area contributed by atoms with Crippen LogP contribution in [0.1, 0.15) is 185 Å². The summed E-state index contributed by atoms with van der Waals surface area (Å²) in [5.74, 6) is -1.79. The van der Waals surface area contributed by atoms with Crippen LogP contribution in [0, 0.1) is 0 Å². The van der Waals surface area contributed by atoms with E-state index < -0.39 is 24.2 Å². The standard InChI is InChI=1S/C49H75NO8S/c1-3-5-7-9-11-13-15-17-19-21-23-33-46(51)56-35-39(58-47(52)34-24-22-20-18-16-14-12-10-8-6-4-2)37-59-38-45(48(53)54)50-49(55)57-36-44-42-31-27-25-29-40(42)41-30-26-28-32-43(41)44/h25-32,39,44-45H,3-24,33-38H2,1-2H3,(H,50,55)(H,53,54)/t39-,45+/m1/s1. The number of hydrogen-bond donors (Lipinski definition) is 2. The number of amides is 1. The monoisotopic (exact) mass is 838 g/mol. The molecule has 0 radical (unpaired) electrons. The van der Waals surface area contributed by atoms with Gasteiger partial charge in [-0.1, -0.05) is 191 Å². The molecule has 0 spiro atoms. The third-order valence-electron chi connectivity index (χ3n) is 11.2. The lowest BCUT2D eigenvalue weighted by atomic mass is 9.98. The Bertz CT molecular complexity index is 1440. The molecule has 9 nitrogen and oxygen atoms in total. The lowest BCUT2D eigenvalue weighted by Crippen LogP contribution is -2.43. The van der Waals surface area contributed by atoms with Crippen LogP contribution in [0.15, 0.2) is 48.5 Å². The predicted octanol–water partition coefficient (Wildman–Crippen LogP) is 12.6. The van der Waals surface area contributed by atoms with Gasteiger partial charge in [-0.15, -0.1) is 0 Å². The Kier molecular flexibility index (Phi) is 26.5. The second-order valence-corrected chi connectivity index (χ2v) is 17.3. The second kappa shape index (κ2) is 31.4. The van der Waals surface area contributed by atoms with Gasteiger partial charge < -0.3 is 24.6 Å². The Morgan fingerprint density at radius 2 is 1.03 bits per heavy atom. The van der Waals surface area contributed by atoms with Crippen molar-refractivity contribution in [2.75, 3.05) is 24.7 Å². The first-order chi connectivity index (χ1) is 28.8. The van der Waals surface area contributed by atoms with E-state index in [1.54, 1.807) is 0 Å². The summed E-state index contributed by atoms with van der Waals surface area (Å²) >= 11 is 1.22. The largest absolute Gasteiger partial charge is 0.480 e. The molecular formula is C49H75NO8S. The maximum Gasteiger partial charge on any atom is 0.407 e. The van der Waals surface area contributed by atoms with E-state index in [-0.39, 0.29) is 49.0 Å². The number of carbonyl (C=O) groups is 4. The minimum Gasteiger partial charge on any atom is -0.480 e. The minimum absolute atomic E-state index is 0.0128. The Morgan fingerprint density at radius 1 is 0.593 bits per heavy atom. The number of hydrogen-bond acceptors (Lipinski definition) is 8. The maximum atomic E-state index is 12.9. The van der Waals surface area contributed by atoms with Gasteiger partial charge in [0.2, 0.25) is 0 Å². The topological polar surface area (TPSA) is 128 Å². The van der Waals surface area contributed by atoms with Crippen molar-refractivity contribution < 1.29 is 38.5 Å². The molecule has 10 heteroatoms. The molecule has 0 saturated heterocycles. The van der Waals surface area contributed by atoms with E-state index in [1.807, 2.05) is 36.4 Å². The summed E-state index contributed by atoms with van der Waals surface area (Å²) in [7, 11) is 0. The molecule has 0 aromatic heterocycles. The van der Waals surface area contributed by atoms with Gasteiger partial charge in [0, 0.05) is 30.3 Å². The predicted molar refractivity (Wildman–Crippen MR) is 240 cm³/mol. The van der Waals surface area contributed by atoms with Crippen LogP contribution in [0.3, 0.4) is 0 Å². The number of carbonyl (C=O) groups excluding carboxylic acids is 3. The fraction of sp³-hybridized carbons (Fsp3) is 0.673. The van der Waals surface area contributed by atoms with Gasteiger partial charge in [0.15, 0.2) is 0 Å². The molecule has 1 aliphatic carbocycles. The number of ether oxygens (including phenoxy) is 3. The van der Waals surface area contributed by atoms with Crippen LogP contribution in [0.2, 0.25) is 0 Å². The molecule has 0 fully saturated rings. The number of thioether (sulfide) groups is 1. The fourth-order valence-electron chi connectivity index (χ4n) is 7.76. The molecule has 3 rings (SSSR count). The highest BCUT2D eigenvalue weighted by Gasteiger charge is 2.30. The van der Waals surface area contributed by atoms with Crippen molar-refractivity contribution in [2.45, 2.75) is 186 Å². The van der Waals surface area contributed by atoms with Gasteiger partial charge in [0.05, 0.1) is 0 Å². The van der Waals surface area contributed by atoms with Gasteiger partial charge in [-0.2, -0.15) is 11.8 Å². The van der Waals surface area contributed by atoms with Crippen molar-refractivity contribution in [3.63, 3.8) is 0 Å². The van der Waals surface area contributed by atoms with E-state index in [0.29, 0.717) is 6.42 Å². The molecule has 2 aromatic rings. The second-order valence-electron chi connectivity index (χ2n) is 16.3. The zero-order valence-electron chi connectivity index (χ0n) is 36.4. The molecule has 1 aliphatic rings. The first kappa shape index (κ1) is 49.8. The van der Waals surface area contributed by atoms with Gasteiger partial charge in [0.25, 0.3) is 0 Å². The number of alkyl carbamates (subject to hydrolysis) is 1. The fourth-order valence-corrected chi connectivity index (χ4v) is 8.79. The van der Waals surface area contributed by atoms with Gasteiger partial charge >= 0.3 is 24.0 Å². The number of benzene rings is 2. The molecule has 2 atom stereocenters. The molecule has 0 heterocycles. The van der Waals surface area contributed by atoms with Crippen LogP contribution in [0.25, 0.3) is 11.1 Å². The van der Waals surface area contributed by atoms with Crippen molar-refractivity contribution in [3.05, 3.63) is 59.7 Å². The number of nitrogens with one attached hydrogen (secondary N) is 1. The van der Waals surface area contributed by atoms with Crippen LogP contribution in [0.4, 0.5) is 4.79 Å². The number of carboxylic acid groups (broad SMARTS) is 1. The molecule has 0 bridgehead atoms. The molecule has 2 N–H and O–H groups in total. The van der Waals surface area contributed by atoms with Crippen molar-refractivity contribution in [3.8, 4) is 11.1 Å². The zero-order chi connectivity index (χ0) is 42.3. The number of esters is 2. The normalized spacial score (nSPS) is 13.0. The van der Waals surface area contributed by atoms with Gasteiger partial charge in [0.1, 0.15) is 25.4 Å². The van der Waals surface area contributed by atoms with E-state index in [9.17, 15) is 24.3 Å². The molecule has 0 saturated carbocycles. The Morgan fingerprint density at radius 3 is 1.51 bits per heavy atom. The van der Waals surface area contributed by atoms with Crippen molar-refractivity contribution >= 4 is 35.8 Å². The lowest BCUT2D eigenvalue weighted by Gasteiger charge is -2.20. The number of aliphatic carboxylic acids is 1. The molecule has 0 unspecified atom stereocenters. The van der Waals surface area contributed by atoms with Gasteiger partial charge in [-0.25, -0.2) is 9.59 Å². The van der Waals surface area contributed by atoms with Gasteiger partial charge in [-0.3, -0.25) is 9.59 Å². The lowest BCUT2D eigenvalue weighted by molar-refractivity contribution is -0.157. The highest BCUT2D eigenvalue weighted by Crippen LogP contribution is 2.44. The molecule has 1 amide bonds. The summed E-state index contributed by atoms with van der Waals surface area (Å²) in [6.07, 6.45) is 25.1. The van der Waals surface area contributed by atoms with Gasteiger partial charge in [-0.05, 0) is 35.1 Å². The Balaban J connectivity index is 1.41. The molecule has 59 heavy (non-hydrogen) atoms. The quantitative estimate of drug-likeness (QED) is 0.0396. The van der Waals surface area contributed by atoms with Crippen LogP contribution < -0.4 is 5.32 Å². The molecular weight excluding hydrogens is 763 g/mol. The smallest absolute Gasteiger partial charge is 0.407 e. The maximum absolute atomic E-state index is 12.9. The summed E-state index contributed by atoms with van der Waals surface area (Å²) < 4.78 is 16.9. The van der Waals surface area contributed by atoms with Crippen LogP contribution in [0.5, 0.6) is 0 Å².